The third-order valence-electron chi connectivity index (χ3n) is 2.48. The lowest BCUT2D eigenvalue weighted by atomic mass is 10.2. The fourth-order valence-corrected chi connectivity index (χ4v) is 4.22. The average molecular weight is 351 g/mol. The van der Waals surface area contributed by atoms with E-state index in [4.69, 9.17) is 11.6 Å². The van der Waals surface area contributed by atoms with Gasteiger partial charge in [0.25, 0.3) is 15.7 Å². The molecule has 0 radical (unpaired) electrons. The van der Waals surface area contributed by atoms with E-state index >= 15 is 0 Å². The van der Waals surface area contributed by atoms with Crippen LogP contribution in [0, 0.1) is 22.9 Å². The SMILES string of the molecule is Cc1ccc(NS(=O)(=O)c2cc([N+](=O)[O-])c(Cl)s2)c(F)c1. The molecule has 21 heavy (non-hydrogen) atoms. The Balaban J connectivity index is 2.38. The molecule has 1 N–H and O–H groups in total. The van der Waals surface area contributed by atoms with Gasteiger partial charge in [-0.25, -0.2) is 12.8 Å². The molecule has 1 aromatic carbocycles. The lowest BCUT2D eigenvalue weighted by molar-refractivity contribution is -0.384. The summed E-state index contributed by atoms with van der Waals surface area (Å²) in [7, 11) is -4.14. The number of benzene rings is 1. The van der Waals surface area contributed by atoms with Crippen LogP contribution in [0.15, 0.2) is 28.5 Å². The van der Waals surface area contributed by atoms with Crippen molar-refractivity contribution in [3.8, 4) is 0 Å². The third-order valence-corrected chi connectivity index (χ3v) is 5.65. The first kappa shape index (κ1) is 15.7. The van der Waals surface area contributed by atoms with Crippen molar-refractivity contribution in [2.75, 3.05) is 4.72 Å². The number of anilines is 1. The highest BCUT2D eigenvalue weighted by Gasteiger charge is 2.26. The van der Waals surface area contributed by atoms with Gasteiger partial charge in [-0.2, -0.15) is 0 Å². The first-order valence-corrected chi connectivity index (χ1v) is 8.11. The molecule has 0 bridgehead atoms. The Morgan fingerprint density at radius 2 is 2.05 bits per heavy atom. The molecule has 0 atom stereocenters. The van der Waals surface area contributed by atoms with E-state index in [-0.39, 0.29) is 14.2 Å². The van der Waals surface area contributed by atoms with E-state index in [1.54, 1.807) is 6.92 Å². The maximum Gasteiger partial charge on any atom is 0.300 e. The lowest BCUT2D eigenvalue weighted by Gasteiger charge is -2.07. The normalized spacial score (nSPS) is 11.4. The van der Waals surface area contributed by atoms with Gasteiger partial charge in [0.1, 0.15) is 10.0 Å². The number of rotatable bonds is 4. The summed E-state index contributed by atoms with van der Waals surface area (Å²) >= 11 is 6.14. The van der Waals surface area contributed by atoms with Crippen LogP contribution in [-0.4, -0.2) is 13.3 Å². The predicted octanol–water partition coefficient (Wildman–Crippen LogP) is 3.56. The van der Waals surface area contributed by atoms with Crippen LogP contribution in [0.3, 0.4) is 0 Å². The molecule has 1 heterocycles. The van der Waals surface area contributed by atoms with E-state index in [2.05, 4.69) is 0 Å². The molecule has 10 heteroatoms. The quantitative estimate of drug-likeness (QED) is 0.674. The second kappa shape index (κ2) is 5.58. The monoisotopic (exact) mass is 350 g/mol. The highest BCUT2D eigenvalue weighted by atomic mass is 35.5. The predicted molar refractivity (Wildman–Crippen MR) is 77.9 cm³/mol. The van der Waals surface area contributed by atoms with E-state index in [0.29, 0.717) is 16.9 Å². The van der Waals surface area contributed by atoms with Crippen LogP contribution in [0.25, 0.3) is 0 Å². The fourth-order valence-electron chi connectivity index (χ4n) is 1.49. The maximum absolute atomic E-state index is 13.7. The maximum atomic E-state index is 13.7. The Morgan fingerprint density at radius 1 is 1.38 bits per heavy atom. The summed E-state index contributed by atoms with van der Waals surface area (Å²) in [6.07, 6.45) is 0. The third kappa shape index (κ3) is 3.31. The Morgan fingerprint density at radius 3 is 2.57 bits per heavy atom. The van der Waals surface area contributed by atoms with Gasteiger partial charge >= 0.3 is 0 Å². The first-order valence-electron chi connectivity index (χ1n) is 5.43. The smallest absolute Gasteiger partial charge is 0.276 e. The van der Waals surface area contributed by atoms with Crippen molar-refractivity contribution in [2.24, 2.45) is 0 Å². The molecule has 0 fully saturated rings. The van der Waals surface area contributed by atoms with E-state index in [1.165, 1.54) is 18.2 Å². The van der Waals surface area contributed by atoms with Crippen LogP contribution in [0.4, 0.5) is 15.8 Å². The summed E-state index contributed by atoms with van der Waals surface area (Å²) in [5, 5.41) is 10.7. The molecule has 0 saturated heterocycles. The zero-order valence-corrected chi connectivity index (χ0v) is 12.9. The number of nitro groups is 1. The van der Waals surface area contributed by atoms with Crippen LogP contribution >= 0.6 is 22.9 Å². The van der Waals surface area contributed by atoms with Crippen LogP contribution in [0.5, 0.6) is 0 Å². The molecule has 112 valence electrons. The second-order valence-corrected chi connectivity index (χ2v) is 7.63. The molecule has 0 amide bonds. The molecule has 0 aliphatic carbocycles. The summed E-state index contributed by atoms with van der Waals surface area (Å²) in [5.74, 6) is -0.740. The van der Waals surface area contributed by atoms with Crippen molar-refractivity contribution >= 4 is 44.3 Å². The van der Waals surface area contributed by atoms with Gasteiger partial charge in [0.2, 0.25) is 0 Å². The van der Waals surface area contributed by atoms with Gasteiger partial charge in [-0.3, -0.25) is 14.8 Å². The summed E-state index contributed by atoms with van der Waals surface area (Å²) in [6, 6.07) is 4.81. The molecule has 2 aromatic rings. The number of halogens is 2. The molecule has 0 unspecified atom stereocenters. The molecule has 6 nitrogen and oxygen atoms in total. The first-order chi connectivity index (χ1) is 9.70. The zero-order valence-electron chi connectivity index (χ0n) is 10.5. The summed E-state index contributed by atoms with van der Waals surface area (Å²) in [6.45, 7) is 1.66. The molecule has 1 aromatic heterocycles. The Kier molecular flexibility index (Phi) is 4.17. The summed E-state index contributed by atoms with van der Waals surface area (Å²) in [4.78, 5) is 9.88. The molecule has 0 aliphatic heterocycles. The van der Waals surface area contributed by atoms with Crippen molar-refractivity contribution in [2.45, 2.75) is 11.1 Å². The molecule has 0 saturated carbocycles. The van der Waals surface area contributed by atoms with Gasteiger partial charge in [0, 0.05) is 6.07 Å². The molecular formula is C11H8ClFN2O4S2. The van der Waals surface area contributed by atoms with Crippen LogP contribution < -0.4 is 4.72 Å². The van der Waals surface area contributed by atoms with Crippen molar-refractivity contribution in [1.82, 2.24) is 0 Å². The lowest BCUT2D eigenvalue weighted by Crippen LogP contribution is -2.12. The topological polar surface area (TPSA) is 89.3 Å². The molecule has 0 spiro atoms. The minimum Gasteiger partial charge on any atom is -0.276 e. The number of hydrogen-bond donors (Lipinski definition) is 1. The van der Waals surface area contributed by atoms with Crippen molar-refractivity contribution in [1.29, 1.82) is 0 Å². The van der Waals surface area contributed by atoms with E-state index in [9.17, 15) is 22.9 Å². The van der Waals surface area contributed by atoms with Gasteiger partial charge in [0.15, 0.2) is 4.34 Å². The number of sulfonamides is 1. The van der Waals surface area contributed by atoms with E-state index < -0.39 is 26.5 Å². The number of hydrogen-bond acceptors (Lipinski definition) is 5. The van der Waals surface area contributed by atoms with Crippen molar-refractivity contribution < 1.29 is 17.7 Å². The highest BCUT2D eigenvalue weighted by Crippen LogP contribution is 2.37. The summed E-state index contributed by atoms with van der Waals surface area (Å²) in [5.41, 5.74) is -0.121. The highest BCUT2D eigenvalue weighted by molar-refractivity contribution is 7.94. The largest absolute Gasteiger partial charge is 0.300 e. The van der Waals surface area contributed by atoms with E-state index in [0.717, 1.165) is 6.07 Å². The Labute approximate surface area is 128 Å². The Hall–Kier alpha value is -1.71. The van der Waals surface area contributed by atoms with Crippen molar-refractivity contribution in [3.05, 3.63) is 50.1 Å². The number of nitrogens with zero attached hydrogens (tertiary/aromatic N) is 1. The standard InChI is InChI=1S/C11H8ClFN2O4S2/c1-6-2-3-8(7(13)4-6)14-21(18,19)10-5-9(15(16)17)11(12)20-10/h2-5,14H,1H3. The van der Waals surface area contributed by atoms with Gasteiger partial charge < -0.3 is 0 Å². The van der Waals surface area contributed by atoms with Crippen LogP contribution in [-0.2, 0) is 10.0 Å². The number of nitrogens with one attached hydrogen (secondary N) is 1. The number of aryl methyl sites for hydroxylation is 1. The van der Waals surface area contributed by atoms with E-state index in [1.807, 2.05) is 4.72 Å². The zero-order chi connectivity index (χ0) is 15.8. The van der Waals surface area contributed by atoms with Gasteiger partial charge in [-0.15, -0.1) is 11.3 Å². The van der Waals surface area contributed by atoms with Crippen molar-refractivity contribution in [3.63, 3.8) is 0 Å². The second-order valence-electron chi connectivity index (χ2n) is 4.07. The van der Waals surface area contributed by atoms with Crippen LogP contribution in [0.2, 0.25) is 4.34 Å². The average Bonchev–Trinajstić information content (AvgIpc) is 2.76. The fraction of sp³-hybridized carbons (Fsp3) is 0.0909. The van der Waals surface area contributed by atoms with Gasteiger partial charge in [-0.1, -0.05) is 17.7 Å². The molecular weight excluding hydrogens is 343 g/mol. The van der Waals surface area contributed by atoms with Gasteiger partial charge in [-0.05, 0) is 24.6 Å². The minimum atomic E-state index is -4.14. The van der Waals surface area contributed by atoms with Gasteiger partial charge in [0.05, 0.1) is 10.6 Å². The molecule has 2 rings (SSSR count). The summed E-state index contributed by atoms with van der Waals surface area (Å²) < 4.78 is 39.2. The number of thiophene rings is 1. The minimum absolute atomic E-state index is 0.243. The van der Waals surface area contributed by atoms with Crippen LogP contribution in [0.1, 0.15) is 5.56 Å². The molecule has 0 aliphatic rings. The Bertz CT molecular complexity index is 820.